The van der Waals surface area contributed by atoms with Gasteiger partial charge in [0.15, 0.2) is 6.20 Å². The van der Waals surface area contributed by atoms with E-state index in [1.807, 2.05) is 79.2 Å². The Bertz CT molecular complexity index is 1580. The summed E-state index contributed by atoms with van der Waals surface area (Å²) in [6.45, 7) is -0.159. The van der Waals surface area contributed by atoms with Crippen molar-refractivity contribution >= 4 is 21.9 Å². The van der Waals surface area contributed by atoms with Crippen molar-refractivity contribution in [2.24, 2.45) is 7.05 Å². The molecule has 0 atom stereocenters. The average molecular weight is 392 g/mol. The SMILES string of the molecule is [2H]C([2H])([2H])c1ccc(-c2c(C)ccc3c2oc2c(-c4ccccc4)c(C#N)ccc23)[n+](C)c1. The number of benzene rings is 3. The maximum atomic E-state index is 9.78. The minimum atomic E-state index is -2.17. The van der Waals surface area contributed by atoms with Crippen LogP contribution in [0, 0.1) is 25.1 Å². The molecule has 3 aromatic carbocycles. The molecule has 0 aliphatic rings. The average Bonchev–Trinajstić information content (AvgIpc) is 3.17. The third kappa shape index (κ3) is 2.69. The van der Waals surface area contributed by atoms with Crippen LogP contribution in [0.3, 0.4) is 0 Å². The monoisotopic (exact) mass is 392 g/mol. The van der Waals surface area contributed by atoms with E-state index in [0.29, 0.717) is 11.1 Å². The third-order valence-electron chi connectivity index (χ3n) is 5.59. The van der Waals surface area contributed by atoms with Gasteiger partial charge in [-0.2, -0.15) is 5.26 Å². The molecule has 0 radical (unpaired) electrons. The first-order valence-electron chi connectivity index (χ1n) is 11.2. The summed E-state index contributed by atoms with van der Waals surface area (Å²) in [6, 6.07) is 23.4. The van der Waals surface area contributed by atoms with Crippen LogP contribution in [0.15, 0.2) is 77.3 Å². The van der Waals surface area contributed by atoms with Crippen LogP contribution >= 0.6 is 0 Å². The zero-order valence-electron chi connectivity index (χ0n) is 19.7. The fraction of sp³-hybridized carbons (Fsp3) is 0.111. The molecule has 0 spiro atoms. The predicted octanol–water partition coefficient (Wildman–Crippen LogP) is 6.23. The van der Waals surface area contributed by atoms with Gasteiger partial charge in [-0.25, -0.2) is 4.57 Å². The number of pyridine rings is 1. The lowest BCUT2D eigenvalue weighted by Gasteiger charge is -2.06. The Labute approximate surface area is 179 Å². The molecule has 0 fully saturated rings. The van der Waals surface area contributed by atoms with Gasteiger partial charge >= 0.3 is 0 Å². The molecular weight excluding hydrogens is 368 g/mol. The Kier molecular flexibility index (Phi) is 3.43. The molecule has 30 heavy (non-hydrogen) atoms. The van der Waals surface area contributed by atoms with Crippen molar-refractivity contribution < 1.29 is 13.1 Å². The smallest absolute Gasteiger partial charge is 0.216 e. The fourth-order valence-corrected chi connectivity index (χ4v) is 4.17. The van der Waals surface area contributed by atoms with E-state index in [1.165, 1.54) is 0 Å². The molecule has 0 N–H and O–H groups in total. The van der Waals surface area contributed by atoms with Crippen LogP contribution in [0.2, 0.25) is 0 Å². The molecule has 3 nitrogen and oxygen atoms in total. The summed E-state index contributed by atoms with van der Waals surface area (Å²) >= 11 is 0. The largest absolute Gasteiger partial charge is 0.454 e. The molecular formula is C27H21N2O+. The van der Waals surface area contributed by atoms with Crippen molar-refractivity contribution in [1.82, 2.24) is 0 Å². The first kappa shape index (κ1) is 15.0. The molecule has 0 aliphatic heterocycles. The summed E-state index contributed by atoms with van der Waals surface area (Å²) in [4.78, 5) is 0. The van der Waals surface area contributed by atoms with E-state index in [0.717, 1.165) is 44.3 Å². The molecule has 0 aliphatic carbocycles. The van der Waals surface area contributed by atoms with E-state index in [9.17, 15) is 5.26 Å². The van der Waals surface area contributed by atoms with Gasteiger partial charge in [0.25, 0.3) is 0 Å². The van der Waals surface area contributed by atoms with E-state index in [2.05, 4.69) is 6.07 Å². The van der Waals surface area contributed by atoms with Crippen LogP contribution in [0.25, 0.3) is 44.3 Å². The van der Waals surface area contributed by atoms with E-state index in [4.69, 9.17) is 8.53 Å². The number of hydrogen-bond donors (Lipinski definition) is 0. The number of furan rings is 1. The topological polar surface area (TPSA) is 40.8 Å². The highest BCUT2D eigenvalue weighted by molar-refractivity contribution is 6.13. The fourth-order valence-electron chi connectivity index (χ4n) is 4.17. The van der Waals surface area contributed by atoms with Crippen molar-refractivity contribution in [1.29, 1.82) is 5.26 Å². The van der Waals surface area contributed by atoms with Crippen LogP contribution < -0.4 is 4.57 Å². The van der Waals surface area contributed by atoms with Crippen LogP contribution in [0.4, 0.5) is 0 Å². The Morgan fingerprint density at radius 3 is 2.33 bits per heavy atom. The highest BCUT2D eigenvalue weighted by Crippen LogP contribution is 2.41. The number of hydrogen-bond acceptors (Lipinski definition) is 2. The van der Waals surface area contributed by atoms with Crippen molar-refractivity contribution in [3.05, 3.63) is 89.6 Å². The Morgan fingerprint density at radius 2 is 1.63 bits per heavy atom. The lowest BCUT2D eigenvalue weighted by Crippen LogP contribution is -2.31. The maximum absolute atomic E-state index is 9.78. The summed E-state index contributed by atoms with van der Waals surface area (Å²) in [6.07, 6.45) is 1.65. The summed E-state index contributed by atoms with van der Waals surface area (Å²) in [5.74, 6) is 0. The lowest BCUT2D eigenvalue weighted by molar-refractivity contribution is -0.660. The number of aromatic nitrogens is 1. The molecule has 0 saturated carbocycles. The molecule has 0 unspecified atom stereocenters. The summed E-state index contributed by atoms with van der Waals surface area (Å²) in [5.41, 5.74) is 6.69. The molecule has 144 valence electrons. The van der Waals surface area contributed by atoms with Crippen LogP contribution in [0.1, 0.15) is 20.8 Å². The highest BCUT2D eigenvalue weighted by Gasteiger charge is 2.22. The number of fused-ring (bicyclic) bond motifs is 3. The molecule has 0 saturated heterocycles. The number of aryl methyl sites for hydroxylation is 3. The summed E-state index contributed by atoms with van der Waals surface area (Å²) < 4.78 is 31.5. The molecule has 0 bridgehead atoms. The molecule has 0 amide bonds. The molecule has 2 heterocycles. The Hall–Kier alpha value is -3.90. The van der Waals surface area contributed by atoms with Gasteiger partial charge < -0.3 is 4.42 Å². The highest BCUT2D eigenvalue weighted by atomic mass is 16.3. The van der Waals surface area contributed by atoms with E-state index < -0.39 is 6.85 Å². The lowest BCUT2D eigenvalue weighted by atomic mass is 9.96. The van der Waals surface area contributed by atoms with Gasteiger partial charge in [0.05, 0.1) is 17.2 Å². The van der Waals surface area contributed by atoms with Crippen LogP contribution in [-0.4, -0.2) is 0 Å². The van der Waals surface area contributed by atoms with Crippen molar-refractivity contribution in [3.63, 3.8) is 0 Å². The minimum Gasteiger partial charge on any atom is -0.454 e. The van der Waals surface area contributed by atoms with E-state index in [1.54, 1.807) is 12.3 Å². The molecule has 3 heteroatoms. The van der Waals surface area contributed by atoms with Gasteiger partial charge in [-0.3, -0.25) is 0 Å². The third-order valence-corrected chi connectivity index (χ3v) is 5.59. The minimum absolute atomic E-state index is 0.285. The Balaban J connectivity index is 1.85. The zero-order chi connectivity index (χ0) is 23.3. The van der Waals surface area contributed by atoms with Gasteiger partial charge in [-0.15, -0.1) is 0 Å². The van der Waals surface area contributed by atoms with Crippen LogP contribution in [-0.2, 0) is 7.05 Å². The number of rotatable bonds is 2. The molecule has 2 aromatic heterocycles. The maximum Gasteiger partial charge on any atom is 0.216 e. The zero-order valence-corrected chi connectivity index (χ0v) is 16.7. The second-order valence-corrected chi connectivity index (χ2v) is 7.49. The normalized spacial score (nSPS) is 13.0. The van der Waals surface area contributed by atoms with Crippen molar-refractivity contribution in [2.45, 2.75) is 13.8 Å². The van der Waals surface area contributed by atoms with E-state index in [-0.39, 0.29) is 5.56 Å². The predicted molar refractivity (Wildman–Crippen MR) is 120 cm³/mol. The van der Waals surface area contributed by atoms with Crippen molar-refractivity contribution in [3.8, 4) is 28.5 Å². The first-order valence-corrected chi connectivity index (χ1v) is 9.74. The number of nitrogens with zero attached hydrogens (tertiary/aromatic N) is 2. The van der Waals surface area contributed by atoms with E-state index >= 15 is 0 Å². The summed E-state index contributed by atoms with van der Waals surface area (Å²) in [7, 11) is 1.84. The standard InChI is InChI=1S/C27H21N2O/c1-17-9-14-23(29(3)16-17)24-18(2)10-12-21-22-13-11-20(15-28)25(27(22)30-26(21)24)19-7-5-4-6-8-19/h4-14,16H,1-3H3/q+1/i1D3. The van der Waals surface area contributed by atoms with Gasteiger partial charge in [0, 0.05) is 32.1 Å². The van der Waals surface area contributed by atoms with Crippen LogP contribution in [0.5, 0.6) is 0 Å². The quantitative estimate of drug-likeness (QED) is 0.334. The second-order valence-electron chi connectivity index (χ2n) is 7.49. The van der Waals surface area contributed by atoms with Gasteiger partial charge in [0.1, 0.15) is 18.2 Å². The van der Waals surface area contributed by atoms with Gasteiger partial charge in [0.2, 0.25) is 5.69 Å². The van der Waals surface area contributed by atoms with Gasteiger partial charge in [-0.1, -0.05) is 42.5 Å². The number of nitriles is 1. The molecule has 5 aromatic rings. The summed E-state index contributed by atoms with van der Waals surface area (Å²) in [5, 5.41) is 11.7. The van der Waals surface area contributed by atoms with Crippen molar-refractivity contribution in [2.75, 3.05) is 0 Å². The first-order chi connectivity index (χ1) is 15.8. The second kappa shape index (κ2) is 6.86. The van der Waals surface area contributed by atoms with Gasteiger partial charge in [-0.05, 0) is 43.1 Å². The molecule has 5 rings (SSSR count). The Morgan fingerprint density at radius 1 is 0.900 bits per heavy atom.